The standard InChI is InChI=1S/C17H22F6N4O.HI/c1-24-15(26-13-5-7-27(10-13)11-16(18,19)20)25-6-8-28-14-4-2-3-12(9-14)17(21,22)23;/h2-4,9,13H,5-8,10-11H2,1H3,(H2,24,25,26);1H. The molecule has 1 aromatic carbocycles. The van der Waals surface area contributed by atoms with E-state index in [1.54, 1.807) is 0 Å². The van der Waals surface area contributed by atoms with Crippen molar-refractivity contribution in [3.8, 4) is 5.75 Å². The van der Waals surface area contributed by atoms with Crippen LogP contribution < -0.4 is 15.4 Å². The lowest BCUT2D eigenvalue weighted by atomic mass is 10.2. The molecule has 1 heterocycles. The van der Waals surface area contributed by atoms with Crippen LogP contribution in [-0.2, 0) is 6.18 Å². The predicted octanol–water partition coefficient (Wildman–Crippen LogP) is 3.50. The highest BCUT2D eigenvalue weighted by Crippen LogP contribution is 2.31. The van der Waals surface area contributed by atoms with E-state index in [2.05, 4.69) is 15.6 Å². The molecule has 166 valence electrons. The molecule has 2 rings (SSSR count). The Bertz CT molecular complexity index is 668. The van der Waals surface area contributed by atoms with Crippen LogP contribution in [0.1, 0.15) is 12.0 Å². The number of hydrogen-bond donors (Lipinski definition) is 2. The van der Waals surface area contributed by atoms with Crippen LogP contribution >= 0.6 is 24.0 Å². The fraction of sp³-hybridized carbons (Fsp3) is 0.588. The van der Waals surface area contributed by atoms with Crippen molar-refractivity contribution in [3.63, 3.8) is 0 Å². The minimum atomic E-state index is -4.44. The van der Waals surface area contributed by atoms with Crippen LogP contribution in [-0.4, -0.2) is 62.9 Å². The molecular weight excluding hydrogens is 517 g/mol. The van der Waals surface area contributed by atoms with Gasteiger partial charge in [-0.3, -0.25) is 9.89 Å². The molecule has 0 radical (unpaired) electrons. The van der Waals surface area contributed by atoms with Gasteiger partial charge >= 0.3 is 12.4 Å². The third kappa shape index (κ3) is 9.28. The Labute approximate surface area is 181 Å². The minimum Gasteiger partial charge on any atom is -0.492 e. The van der Waals surface area contributed by atoms with Gasteiger partial charge < -0.3 is 15.4 Å². The van der Waals surface area contributed by atoms with Gasteiger partial charge in [-0.05, 0) is 24.6 Å². The van der Waals surface area contributed by atoms with E-state index < -0.39 is 24.5 Å². The van der Waals surface area contributed by atoms with Gasteiger partial charge in [0.25, 0.3) is 0 Å². The van der Waals surface area contributed by atoms with E-state index in [0.29, 0.717) is 18.9 Å². The highest BCUT2D eigenvalue weighted by Gasteiger charge is 2.34. The number of aliphatic imine (C=N–C) groups is 1. The van der Waals surface area contributed by atoms with Crippen LogP contribution in [0.5, 0.6) is 5.75 Å². The van der Waals surface area contributed by atoms with Crippen molar-refractivity contribution in [1.82, 2.24) is 15.5 Å². The van der Waals surface area contributed by atoms with Crippen LogP contribution in [0.2, 0.25) is 0 Å². The SMILES string of the molecule is CN=C(NCCOc1cccc(C(F)(F)F)c1)NC1CCN(CC(F)(F)F)C1.I. The molecule has 1 unspecified atom stereocenters. The monoisotopic (exact) mass is 540 g/mol. The summed E-state index contributed by atoms with van der Waals surface area (Å²) in [4.78, 5) is 5.31. The average molecular weight is 540 g/mol. The summed E-state index contributed by atoms with van der Waals surface area (Å²) in [6, 6.07) is 4.40. The number of rotatable bonds is 6. The fourth-order valence-electron chi connectivity index (χ4n) is 2.84. The van der Waals surface area contributed by atoms with Gasteiger partial charge in [0.1, 0.15) is 12.4 Å². The van der Waals surface area contributed by atoms with Crippen LogP contribution in [0.4, 0.5) is 26.3 Å². The smallest absolute Gasteiger partial charge is 0.416 e. The maximum Gasteiger partial charge on any atom is 0.416 e. The second kappa shape index (κ2) is 11.1. The molecule has 5 nitrogen and oxygen atoms in total. The first-order valence-corrected chi connectivity index (χ1v) is 8.63. The molecule has 2 N–H and O–H groups in total. The zero-order chi connectivity index (χ0) is 20.8. The van der Waals surface area contributed by atoms with Crippen LogP contribution in [0.15, 0.2) is 29.3 Å². The molecule has 0 saturated carbocycles. The van der Waals surface area contributed by atoms with Crippen molar-refractivity contribution >= 4 is 29.9 Å². The molecule has 0 bridgehead atoms. The van der Waals surface area contributed by atoms with Crippen molar-refractivity contribution in [2.45, 2.75) is 24.8 Å². The lowest BCUT2D eigenvalue weighted by Gasteiger charge is -2.20. The summed E-state index contributed by atoms with van der Waals surface area (Å²) in [5, 5.41) is 5.96. The predicted molar refractivity (Wildman–Crippen MR) is 108 cm³/mol. The third-order valence-electron chi connectivity index (χ3n) is 4.06. The normalized spacial score (nSPS) is 18.3. The number of likely N-dealkylation sites (tertiary alicyclic amines) is 1. The Morgan fingerprint density at radius 3 is 2.59 bits per heavy atom. The Kier molecular flexibility index (Phi) is 9.79. The van der Waals surface area contributed by atoms with E-state index >= 15 is 0 Å². The van der Waals surface area contributed by atoms with Crippen LogP contribution in [0.25, 0.3) is 0 Å². The summed E-state index contributed by atoms with van der Waals surface area (Å²) < 4.78 is 80.6. The number of ether oxygens (including phenoxy) is 1. The van der Waals surface area contributed by atoms with Crippen molar-refractivity contribution in [3.05, 3.63) is 29.8 Å². The highest BCUT2D eigenvalue weighted by atomic mass is 127. The van der Waals surface area contributed by atoms with E-state index in [0.717, 1.165) is 12.1 Å². The number of nitrogens with zero attached hydrogens (tertiary/aromatic N) is 2. The Balaban J connectivity index is 0.00000420. The van der Waals surface area contributed by atoms with E-state index in [-0.39, 0.29) is 55.5 Å². The number of benzene rings is 1. The van der Waals surface area contributed by atoms with Crippen molar-refractivity contribution in [2.75, 3.05) is 39.8 Å². The van der Waals surface area contributed by atoms with Crippen molar-refractivity contribution in [1.29, 1.82) is 0 Å². The van der Waals surface area contributed by atoms with E-state index in [9.17, 15) is 26.3 Å². The van der Waals surface area contributed by atoms with Crippen LogP contribution in [0, 0.1) is 0 Å². The zero-order valence-electron chi connectivity index (χ0n) is 15.6. The molecule has 1 fully saturated rings. The van der Waals surface area contributed by atoms with Crippen molar-refractivity contribution < 1.29 is 31.1 Å². The largest absolute Gasteiger partial charge is 0.492 e. The quantitative estimate of drug-likeness (QED) is 0.191. The van der Waals surface area contributed by atoms with Gasteiger partial charge in [0, 0.05) is 26.2 Å². The van der Waals surface area contributed by atoms with Gasteiger partial charge in [0.2, 0.25) is 0 Å². The molecule has 1 saturated heterocycles. The summed E-state index contributed by atoms with van der Waals surface area (Å²) in [7, 11) is 1.52. The van der Waals surface area contributed by atoms with Gasteiger partial charge in [-0.2, -0.15) is 26.3 Å². The topological polar surface area (TPSA) is 48.9 Å². The van der Waals surface area contributed by atoms with E-state index in [1.165, 1.54) is 24.1 Å². The maximum atomic E-state index is 12.7. The zero-order valence-corrected chi connectivity index (χ0v) is 17.9. The van der Waals surface area contributed by atoms with Gasteiger partial charge in [0.05, 0.1) is 18.7 Å². The maximum absolute atomic E-state index is 12.7. The molecule has 0 spiro atoms. The molecule has 1 atom stereocenters. The summed E-state index contributed by atoms with van der Waals surface area (Å²) in [5.74, 6) is 0.490. The Morgan fingerprint density at radius 2 is 1.97 bits per heavy atom. The van der Waals surface area contributed by atoms with Gasteiger partial charge in [-0.25, -0.2) is 0 Å². The molecule has 1 aromatic rings. The molecule has 12 heteroatoms. The molecule has 0 aliphatic carbocycles. The fourth-order valence-corrected chi connectivity index (χ4v) is 2.84. The number of alkyl halides is 6. The summed E-state index contributed by atoms with van der Waals surface area (Å²) >= 11 is 0. The number of hydrogen-bond acceptors (Lipinski definition) is 3. The summed E-state index contributed by atoms with van der Waals surface area (Å²) in [6.07, 6.45) is -8.11. The summed E-state index contributed by atoms with van der Waals surface area (Å²) in [6.45, 7) is -0.00239. The van der Waals surface area contributed by atoms with E-state index in [1.807, 2.05) is 0 Å². The average Bonchev–Trinajstić information content (AvgIpc) is 3.02. The van der Waals surface area contributed by atoms with Gasteiger partial charge in [-0.15, -0.1) is 24.0 Å². The third-order valence-corrected chi connectivity index (χ3v) is 4.06. The number of guanidine groups is 1. The van der Waals surface area contributed by atoms with Gasteiger partial charge in [-0.1, -0.05) is 6.07 Å². The molecule has 1 aliphatic rings. The molecule has 0 amide bonds. The number of halogens is 7. The van der Waals surface area contributed by atoms with Crippen molar-refractivity contribution in [2.24, 2.45) is 4.99 Å². The molecular formula is C17H23F6IN4O. The van der Waals surface area contributed by atoms with Gasteiger partial charge in [0.15, 0.2) is 5.96 Å². The lowest BCUT2D eigenvalue weighted by Crippen LogP contribution is -2.46. The molecule has 1 aliphatic heterocycles. The minimum absolute atomic E-state index is 0. The highest BCUT2D eigenvalue weighted by molar-refractivity contribution is 14.0. The second-order valence-corrected chi connectivity index (χ2v) is 6.35. The first-order chi connectivity index (χ1) is 13.1. The Morgan fingerprint density at radius 1 is 1.24 bits per heavy atom. The molecule has 29 heavy (non-hydrogen) atoms. The Hall–Kier alpha value is -1.44. The molecule has 0 aromatic heterocycles. The first kappa shape index (κ1) is 25.6. The second-order valence-electron chi connectivity index (χ2n) is 6.35. The lowest BCUT2D eigenvalue weighted by molar-refractivity contribution is -0.143. The summed E-state index contributed by atoms with van der Waals surface area (Å²) in [5.41, 5.74) is -0.792. The first-order valence-electron chi connectivity index (χ1n) is 8.63. The van der Waals surface area contributed by atoms with E-state index in [4.69, 9.17) is 4.74 Å². The van der Waals surface area contributed by atoms with Crippen LogP contribution in [0.3, 0.4) is 0 Å². The number of nitrogens with one attached hydrogen (secondary N) is 2.